The minimum absolute atomic E-state index is 0.164. The van der Waals surface area contributed by atoms with Crippen LogP contribution in [0.4, 0.5) is 5.69 Å². The van der Waals surface area contributed by atoms with Gasteiger partial charge in [0.2, 0.25) is 5.91 Å². The number of amides is 2. The van der Waals surface area contributed by atoms with Gasteiger partial charge in [0, 0.05) is 19.4 Å². The summed E-state index contributed by atoms with van der Waals surface area (Å²) >= 11 is 0. The Bertz CT molecular complexity index is 1160. The number of aliphatic imine (C=N–C) groups is 1. The van der Waals surface area contributed by atoms with Gasteiger partial charge in [0.15, 0.2) is 11.5 Å². The van der Waals surface area contributed by atoms with Crippen LogP contribution < -0.4 is 0 Å². The topological polar surface area (TPSA) is 89.2 Å². The van der Waals surface area contributed by atoms with Crippen LogP contribution in [0.2, 0.25) is 0 Å². The molecule has 1 saturated heterocycles. The highest BCUT2D eigenvalue weighted by Gasteiger charge is 2.45. The third-order valence-corrected chi connectivity index (χ3v) is 5.00. The maximum absolute atomic E-state index is 13.0. The third kappa shape index (κ3) is 3.55. The lowest BCUT2D eigenvalue weighted by Crippen LogP contribution is -2.34. The Hall–Kier alpha value is -3.58. The molecule has 3 aromatic rings. The molecular weight excluding hydrogens is 384 g/mol. The lowest BCUT2D eigenvalue weighted by atomic mass is 9.96. The molecule has 0 radical (unpaired) electrons. The lowest BCUT2D eigenvalue weighted by molar-refractivity contribution is -0.138. The Kier molecular flexibility index (Phi) is 5.29. The van der Waals surface area contributed by atoms with Crippen molar-refractivity contribution in [1.82, 2.24) is 4.90 Å². The van der Waals surface area contributed by atoms with E-state index in [1.54, 1.807) is 24.3 Å². The fourth-order valence-electron chi connectivity index (χ4n) is 3.50. The van der Waals surface area contributed by atoms with Crippen LogP contribution in [0.5, 0.6) is 0 Å². The van der Waals surface area contributed by atoms with Gasteiger partial charge in [-0.15, -0.1) is 0 Å². The number of nitrogens with zero attached hydrogens (tertiary/aromatic N) is 2. The summed E-state index contributed by atoms with van der Waals surface area (Å²) in [7, 11) is 1.52. The van der Waals surface area contributed by atoms with Gasteiger partial charge >= 0.3 is 0 Å². The molecule has 1 atom stereocenters. The van der Waals surface area contributed by atoms with Crippen molar-refractivity contribution in [2.75, 3.05) is 20.3 Å². The molecule has 2 aromatic carbocycles. The number of methoxy groups -OCH3 is 1. The summed E-state index contributed by atoms with van der Waals surface area (Å²) in [5.41, 5.74) is 1.93. The number of carbonyl (C=O) groups is 3. The Morgan fingerprint density at radius 2 is 1.90 bits per heavy atom. The van der Waals surface area contributed by atoms with Gasteiger partial charge in [-0.05, 0) is 29.8 Å². The van der Waals surface area contributed by atoms with E-state index in [1.807, 2.05) is 30.3 Å². The van der Waals surface area contributed by atoms with Gasteiger partial charge in [0.25, 0.3) is 5.91 Å². The summed E-state index contributed by atoms with van der Waals surface area (Å²) in [4.78, 5) is 43.3. The van der Waals surface area contributed by atoms with Crippen LogP contribution in [-0.4, -0.2) is 48.5 Å². The SMILES string of the molecule is COCCN1C(=O)C(=Nc2ccc3oc(C(C)=O)cc3c2)C(c2ccccc2)C1=O. The van der Waals surface area contributed by atoms with Crippen molar-refractivity contribution in [3.63, 3.8) is 0 Å². The maximum atomic E-state index is 13.0. The molecule has 1 fully saturated rings. The molecule has 4 rings (SSSR count). The number of hydrogen-bond donors (Lipinski definition) is 0. The number of fused-ring (bicyclic) bond motifs is 1. The van der Waals surface area contributed by atoms with Crippen LogP contribution in [0.3, 0.4) is 0 Å². The number of ketones is 1. The quantitative estimate of drug-likeness (QED) is 0.463. The van der Waals surface area contributed by atoms with E-state index in [1.165, 1.54) is 18.9 Å². The lowest BCUT2D eigenvalue weighted by Gasteiger charge is -2.13. The summed E-state index contributed by atoms with van der Waals surface area (Å²) in [5, 5.41) is 0.700. The molecule has 0 bridgehead atoms. The molecule has 1 aliphatic rings. The van der Waals surface area contributed by atoms with E-state index in [9.17, 15) is 14.4 Å². The van der Waals surface area contributed by atoms with Crippen LogP contribution in [0, 0.1) is 0 Å². The van der Waals surface area contributed by atoms with Gasteiger partial charge in [0.1, 0.15) is 17.2 Å². The van der Waals surface area contributed by atoms with Gasteiger partial charge in [-0.25, -0.2) is 4.99 Å². The van der Waals surface area contributed by atoms with Crippen molar-refractivity contribution in [3.05, 3.63) is 65.9 Å². The van der Waals surface area contributed by atoms with Crippen molar-refractivity contribution in [2.45, 2.75) is 12.8 Å². The van der Waals surface area contributed by atoms with Gasteiger partial charge < -0.3 is 9.15 Å². The van der Waals surface area contributed by atoms with Crippen LogP contribution in [0.1, 0.15) is 29.0 Å². The van der Waals surface area contributed by atoms with E-state index >= 15 is 0 Å². The van der Waals surface area contributed by atoms with E-state index in [4.69, 9.17) is 9.15 Å². The fraction of sp³-hybridized carbons (Fsp3) is 0.217. The molecule has 0 saturated carbocycles. The second kappa shape index (κ2) is 8.04. The average Bonchev–Trinajstić information content (AvgIpc) is 3.27. The van der Waals surface area contributed by atoms with E-state index in [0.717, 1.165) is 0 Å². The first-order valence-corrected chi connectivity index (χ1v) is 9.52. The van der Waals surface area contributed by atoms with E-state index in [-0.39, 0.29) is 36.3 Å². The average molecular weight is 404 g/mol. The molecule has 0 aliphatic carbocycles. The number of furan rings is 1. The van der Waals surface area contributed by atoms with Crippen molar-refractivity contribution in [2.24, 2.45) is 4.99 Å². The molecule has 2 amide bonds. The van der Waals surface area contributed by atoms with E-state index in [0.29, 0.717) is 22.2 Å². The monoisotopic (exact) mass is 404 g/mol. The first-order valence-electron chi connectivity index (χ1n) is 9.52. The predicted octanol–water partition coefficient (Wildman–Crippen LogP) is 3.51. The Morgan fingerprint density at radius 1 is 1.13 bits per heavy atom. The summed E-state index contributed by atoms with van der Waals surface area (Å²) in [6, 6.07) is 15.9. The molecular formula is C23H20N2O5. The number of benzene rings is 2. The third-order valence-electron chi connectivity index (χ3n) is 5.00. The van der Waals surface area contributed by atoms with E-state index < -0.39 is 11.8 Å². The van der Waals surface area contributed by atoms with Gasteiger partial charge in [-0.2, -0.15) is 0 Å². The predicted molar refractivity (Wildman–Crippen MR) is 111 cm³/mol. The highest BCUT2D eigenvalue weighted by Crippen LogP contribution is 2.31. The first kappa shape index (κ1) is 19.7. The summed E-state index contributed by atoms with van der Waals surface area (Å²) < 4.78 is 10.5. The smallest absolute Gasteiger partial charge is 0.276 e. The van der Waals surface area contributed by atoms with Crippen LogP contribution in [0.25, 0.3) is 11.0 Å². The highest BCUT2D eigenvalue weighted by molar-refractivity contribution is 6.52. The van der Waals surface area contributed by atoms with Crippen LogP contribution >= 0.6 is 0 Å². The molecule has 30 heavy (non-hydrogen) atoms. The molecule has 1 aromatic heterocycles. The van der Waals surface area contributed by atoms with E-state index in [2.05, 4.69) is 4.99 Å². The first-order chi connectivity index (χ1) is 14.5. The maximum Gasteiger partial charge on any atom is 0.276 e. The Balaban J connectivity index is 1.77. The largest absolute Gasteiger partial charge is 0.453 e. The Morgan fingerprint density at radius 3 is 2.60 bits per heavy atom. The number of Topliss-reactive ketones (excluding diaryl/α,β-unsaturated/α-hetero) is 1. The number of carbonyl (C=O) groups excluding carboxylic acids is 3. The van der Waals surface area contributed by atoms with Crippen LogP contribution in [0.15, 0.2) is 64.0 Å². The molecule has 1 aliphatic heterocycles. The van der Waals surface area contributed by atoms with Gasteiger partial charge in [-0.1, -0.05) is 30.3 Å². The molecule has 0 spiro atoms. The number of ether oxygens (including phenoxy) is 1. The standard InChI is InChI=1S/C23H20N2O5/c1-14(26)19-13-16-12-17(8-9-18(16)30-19)24-21-20(15-6-4-3-5-7-15)22(27)25(23(21)28)10-11-29-2/h3-9,12-13,20H,10-11H2,1-2H3. The zero-order valence-electron chi connectivity index (χ0n) is 16.6. The van der Waals surface area contributed by atoms with Gasteiger partial charge in [0.05, 0.1) is 18.8 Å². The van der Waals surface area contributed by atoms with Crippen LogP contribution in [-0.2, 0) is 14.3 Å². The number of rotatable bonds is 6. The van der Waals surface area contributed by atoms with Crippen molar-refractivity contribution >= 4 is 40.0 Å². The minimum atomic E-state index is -0.775. The molecule has 2 heterocycles. The van der Waals surface area contributed by atoms with Crippen molar-refractivity contribution in [3.8, 4) is 0 Å². The fourth-order valence-corrected chi connectivity index (χ4v) is 3.50. The minimum Gasteiger partial charge on any atom is -0.453 e. The summed E-state index contributed by atoms with van der Waals surface area (Å²) in [6.45, 7) is 1.85. The van der Waals surface area contributed by atoms with Gasteiger partial charge in [-0.3, -0.25) is 19.3 Å². The molecule has 152 valence electrons. The number of likely N-dealkylation sites (tertiary alicyclic amines) is 1. The summed E-state index contributed by atoms with van der Waals surface area (Å²) in [5.74, 6) is -1.43. The molecule has 7 heteroatoms. The number of imide groups is 1. The zero-order valence-corrected chi connectivity index (χ0v) is 16.6. The molecule has 7 nitrogen and oxygen atoms in total. The summed E-state index contributed by atoms with van der Waals surface area (Å²) in [6.07, 6.45) is 0. The highest BCUT2D eigenvalue weighted by atomic mass is 16.5. The van der Waals surface area contributed by atoms with Crippen molar-refractivity contribution < 1.29 is 23.5 Å². The molecule has 1 unspecified atom stereocenters. The number of hydrogen-bond acceptors (Lipinski definition) is 6. The second-order valence-corrected chi connectivity index (χ2v) is 7.02. The zero-order chi connectivity index (χ0) is 21.3. The normalized spacial score (nSPS) is 18.0. The Labute approximate surface area is 172 Å². The second-order valence-electron chi connectivity index (χ2n) is 7.02. The van der Waals surface area contributed by atoms with Crippen molar-refractivity contribution in [1.29, 1.82) is 0 Å². The molecule has 0 N–H and O–H groups in total.